The highest BCUT2D eigenvalue weighted by atomic mass is 15.1. The van der Waals surface area contributed by atoms with Gasteiger partial charge in [0.05, 0.1) is 0 Å². The maximum Gasteiger partial charge on any atom is 0.0419 e. The zero-order valence-corrected chi connectivity index (χ0v) is 13.8. The van der Waals surface area contributed by atoms with Crippen LogP contribution in [0, 0.1) is 0 Å². The Balaban J connectivity index is 1.67. The fourth-order valence-electron chi connectivity index (χ4n) is 4.28. The molecule has 3 nitrogen and oxygen atoms in total. The van der Waals surface area contributed by atoms with Crippen molar-refractivity contribution < 1.29 is 0 Å². The van der Waals surface area contributed by atoms with Crippen molar-refractivity contribution in [2.24, 2.45) is 0 Å². The highest BCUT2D eigenvalue weighted by molar-refractivity contribution is 5.61. The van der Waals surface area contributed by atoms with Gasteiger partial charge in [-0.1, -0.05) is 18.2 Å². The Labute approximate surface area is 128 Å². The standard InChI is InChI=1S/C18H29N3/c1-17(2)10-15(11-18(3,4)21-17)20-12-14-7-5-6-13-8-9-19-16(13)14/h5-7,15,19-21H,8-12H2,1-4H3. The molecule has 0 amide bonds. The van der Waals surface area contributed by atoms with E-state index < -0.39 is 0 Å². The van der Waals surface area contributed by atoms with E-state index in [4.69, 9.17) is 0 Å². The van der Waals surface area contributed by atoms with Crippen LogP contribution in [0.2, 0.25) is 0 Å². The maximum absolute atomic E-state index is 3.80. The number of rotatable bonds is 3. The van der Waals surface area contributed by atoms with Crippen LogP contribution in [0.5, 0.6) is 0 Å². The minimum atomic E-state index is 0.205. The smallest absolute Gasteiger partial charge is 0.0419 e. The molecule has 21 heavy (non-hydrogen) atoms. The third kappa shape index (κ3) is 3.41. The summed E-state index contributed by atoms with van der Waals surface area (Å²) in [4.78, 5) is 0. The summed E-state index contributed by atoms with van der Waals surface area (Å²) in [5, 5.41) is 11.1. The molecule has 1 saturated heterocycles. The van der Waals surface area contributed by atoms with Gasteiger partial charge in [0.1, 0.15) is 0 Å². The van der Waals surface area contributed by atoms with E-state index in [1.807, 2.05) is 0 Å². The molecule has 3 rings (SSSR count). The zero-order valence-electron chi connectivity index (χ0n) is 13.8. The summed E-state index contributed by atoms with van der Waals surface area (Å²) in [7, 11) is 0. The van der Waals surface area contributed by atoms with E-state index in [1.54, 1.807) is 0 Å². The van der Waals surface area contributed by atoms with E-state index in [2.05, 4.69) is 61.8 Å². The summed E-state index contributed by atoms with van der Waals surface area (Å²) < 4.78 is 0. The van der Waals surface area contributed by atoms with Gasteiger partial charge in [0, 0.05) is 35.9 Å². The van der Waals surface area contributed by atoms with E-state index in [9.17, 15) is 0 Å². The minimum Gasteiger partial charge on any atom is -0.384 e. The average molecular weight is 287 g/mol. The van der Waals surface area contributed by atoms with Crippen LogP contribution in [0.4, 0.5) is 5.69 Å². The molecule has 0 aromatic heterocycles. The predicted octanol–water partition coefficient (Wildman–Crippen LogP) is 3.05. The molecule has 2 heterocycles. The van der Waals surface area contributed by atoms with Crippen LogP contribution in [0.3, 0.4) is 0 Å². The molecule has 0 radical (unpaired) electrons. The molecule has 116 valence electrons. The van der Waals surface area contributed by atoms with Crippen molar-refractivity contribution in [3.8, 4) is 0 Å². The van der Waals surface area contributed by atoms with Gasteiger partial charge >= 0.3 is 0 Å². The highest BCUT2D eigenvalue weighted by Crippen LogP contribution is 2.30. The van der Waals surface area contributed by atoms with Crippen molar-refractivity contribution in [2.75, 3.05) is 11.9 Å². The number of piperidine rings is 1. The molecule has 0 bridgehead atoms. The van der Waals surface area contributed by atoms with Gasteiger partial charge in [0.15, 0.2) is 0 Å². The largest absolute Gasteiger partial charge is 0.384 e. The molecule has 0 atom stereocenters. The number of fused-ring (bicyclic) bond motifs is 1. The lowest BCUT2D eigenvalue weighted by Gasteiger charge is -2.46. The normalized spacial score (nSPS) is 23.6. The van der Waals surface area contributed by atoms with Gasteiger partial charge in [0.25, 0.3) is 0 Å². The van der Waals surface area contributed by atoms with Gasteiger partial charge in [0.2, 0.25) is 0 Å². The van der Waals surface area contributed by atoms with Crippen molar-refractivity contribution in [1.29, 1.82) is 0 Å². The summed E-state index contributed by atoms with van der Waals surface area (Å²) in [6, 6.07) is 7.27. The number of benzene rings is 1. The molecule has 1 aromatic carbocycles. The number of hydrogen-bond donors (Lipinski definition) is 3. The van der Waals surface area contributed by atoms with Crippen LogP contribution in [0.15, 0.2) is 18.2 Å². The second-order valence-electron chi connectivity index (χ2n) is 8.01. The third-order valence-electron chi connectivity index (χ3n) is 4.70. The molecule has 1 fully saturated rings. The Morgan fingerprint density at radius 3 is 2.57 bits per heavy atom. The zero-order chi connectivity index (χ0) is 15.1. The van der Waals surface area contributed by atoms with Crippen LogP contribution in [-0.4, -0.2) is 23.7 Å². The number of nitrogens with one attached hydrogen (secondary N) is 3. The van der Waals surface area contributed by atoms with Crippen molar-refractivity contribution >= 4 is 5.69 Å². The summed E-state index contributed by atoms with van der Waals surface area (Å²) >= 11 is 0. The molecule has 0 aliphatic carbocycles. The molecule has 2 aliphatic rings. The van der Waals surface area contributed by atoms with Crippen molar-refractivity contribution in [1.82, 2.24) is 10.6 Å². The van der Waals surface area contributed by atoms with E-state index in [0.29, 0.717) is 6.04 Å². The molecule has 0 unspecified atom stereocenters. The van der Waals surface area contributed by atoms with Crippen LogP contribution < -0.4 is 16.0 Å². The molecular formula is C18H29N3. The summed E-state index contributed by atoms with van der Waals surface area (Å²) in [5.74, 6) is 0. The Kier molecular flexibility index (Phi) is 3.74. The molecule has 3 N–H and O–H groups in total. The lowest BCUT2D eigenvalue weighted by Crippen LogP contribution is -2.61. The first-order valence-electron chi connectivity index (χ1n) is 8.22. The van der Waals surface area contributed by atoms with E-state index in [1.165, 1.54) is 29.7 Å². The van der Waals surface area contributed by atoms with Crippen LogP contribution in [-0.2, 0) is 13.0 Å². The fourth-order valence-corrected chi connectivity index (χ4v) is 4.28. The van der Waals surface area contributed by atoms with Gasteiger partial charge < -0.3 is 16.0 Å². The predicted molar refractivity (Wildman–Crippen MR) is 89.8 cm³/mol. The highest BCUT2D eigenvalue weighted by Gasteiger charge is 2.37. The molecule has 0 spiro atoms. The molecule has 3 heteroatoms. The van der Waals surface area contributed by atoms with E-state index in [0.717, 1.165) is 19.5 Å². The van der Waals surface area contributed by atoms with E-state index >= 15 is 0 Å². The first-order chi connectivity index (χ1) is 9.85. The molecule has 1 aromatic rings. The van der Waals surface area contributed by atoms with Crippen molar-refractivity contribution in [3.05, 3.63) is 29.3 Å². The number of hydrogen-bond acceptors (Lipinski definition) is 3. The van der Waals surface area contributed by atoms with E-state index in [-0.39, 0.29) is 11.1 Å². The van der Waals surface area contributed by atoms with Gasteiger partial charge in [-0.25, -0.2) is 0 Å². The molecule has 2 aliphatic heterocycles. The van der Waals surface area contributed by atoms with Gasteiger partial charge in [-0.3, -0.25) is 0 Å². The number of para-hydroxylation sites is 1. The summed E-state index contributed by atoms with van der Waals surface area (Å²) in [6.45, 7) is 11.3. The summed E-state index contributed by atoms with van der Waals surface area (Å²) in [5.41, 5.74) is 4.67. The quantitative estimate of drug-likeness (QED) is 0.799. The second-order valence-corrected chi connectivity index (χ2v) is 8.01. The lowest BCUT2D eigenvalue weighted by molar-refractivity contribution is 0.145. The second kappa shape index (κ2) is 5.29. The maximum atomic E-state index is 3.80. The molecule has 0 saturated carbocycles. The van der Waals surface area contributed by atoms with Gasteiger partial charge in [-0.05, 0) is 58.1 Å². The van der Waals surface area contributed by atoms with Crippen LogP contribution >= 0.6 is 0 Å². The van der Waals surface area contributed by atoms with Crippen LogP contribution in [0.1, 0.15) is 51.7 Å². The first-order valence-corrected chi connectivity index (χ1v) is 8.22. The van der Waals surface area contributed by atoms with Crippen LogP contribution in [0.25, 0.3) is 0 Å². The Morgan fingerprint density at radius 1 is 1.14 bits per heavy atom. The third-order valence-corrected chi connectivity index (χ3v) is 4.70. The lowest BCUT2D eigenvalue weighted by atomic mass is 9.79. The number of anilines is 1. The SMILES string of the molecule is CC1(C)CC(NCc2cccc3c2NCC3)CC(C)(C)N1. The average Bonchev–Trinajstić information content (AvgIpc) is 2.81. The van der Waals surface area contributed by atoms with Crippen molar-refractivity contribution in [3.63, 3.8) is 0 Å². The first kappa shape index (κ1) is 14.9. The minimum absolute atomic E-state index is 0.205. The fraction of sp³-hybridized carbons (Fsp3) is 0.667. The molecular weight excluding hydrogens is 258 g/mol. The Bertz CT molecular complexity index is 503. The Morgan fingerprint density at radius 2 is 1.86 bits per heavy atom. The summed E-state index contributed by atoms with van der Waals surface area (Å²) in [6.07, 6.45) is 3.52. The van der Waals surface area contributed by atoms with Crippen molar-refractivity contribution in [2.45, 2.75) is 70.6 Å². The monoisotopic (exact) mass is 287 g/mol. The topological polar surface area (TPSA) is 36.1 Å². The van der Waals surface area contributed by atoms with Gasteiger partial charge in [-0.2, -0.15) is 0 Å². The van der Waals surface area contributed by atoms with Gasteiger partial charge in [-0.15, -0.1) is 0 Å². The Hall–Kier alpha value is -1.06.